The highest BCUT2D eigenvalue weighted by Crippen LogP contribution is 2.36. The van der Waals surface area contributed by atoms with Crippen LogP contribution < -0.4 is 9.64 Å². The summed E-state index contributed by atoms with van der Waals surface area (Å²) < 4.78 is 110. The number of carbonyl (C=O) groups is 2. The summed E-state index contributed by atoms with van der Waals surface area (Å²) in [7, 11) is -5.41. The molecule has 0 saturated carbocycles. The van der Waals surface area contributed by atoms with E-state index in [-0.39, 0.29) is 42.5 Å². The van der Waals surface area contributed by atoms with Crippen LogP contribution in [0.1, 0.15) is 45.8 Å². The van der Waals surface area contributed by atoms with Crippen molar-refractivity contribution in [3.63, 3.8) is 0 Å². The summed E-state index contributed by atoms with van der Waals surface area (Å²) in [6, 6.07) is 18.3. The molecular weight excluding hydrogens is 687 g/mol. The van der Waals surface area contributed by atoms with Gasteiger partial charge >= 0.3 is 5.97 Å². The molecule has 4 aromatic rings. The predicted molar refractivity (Wildman–Crippen MR) is 169 cm³/mol. The molecule has 262 valence electrons. The van der Waals surface area contributed by atoms with Gasteiger partial charge in [-0.05, 0) is 41.7 Å². The molecule has 1 N–H and O–H groups in total. The first kappa shape index (κ1) is 35.0. The van der Waals surface area contributed by atoms with E-state index in [4.69, 9.17) is 9.47 Å². The van der Waals surface area contributed by atoms with Crippen LogP contribution in [0.3, 0.4) is 0 Å². The molecule has 2 aliphatic heterocycles. The number of halogens is 5. The minimum Gasteiger partial charge on any atom is -0.488 e. The standard InChI is InChI=1S/C35H29F5N2O7S/c36-28-29(37)31(39)33(32(40)30(28)38)50(46,47)42-14-12-26(42)34(43)41(17-20-6-8-22(9-7-20)23-13-15-48-19-23)24-10-11-25(35(44)45)27(16-24)49-18-21-4-2-1-3-5-21/h1-11,16,23,26H,12-15,17-19H2,(H,44,45)/t23-,26+/m0/s1. The Hall–Kier alpha value is -4.86. The van der Waals surface area contributed by atoms with Crippen molar-refractivity contribution in [1.82, 2.24) is 4.31 Å². The van der Waals surface area contributed by atoms with Crippen LogP contribution in [0.15, 0.2) is 77.7 Å². The fourth-order valence-corrected chi connectivity index (χ4v) is 7.63. The van der Waals surface area contributed by atoms with Crippen molar-refractivity contribution in [3.05, 3.63) is 124 Å². The van der Waals surface area contributed by atoms with Crippen molar-refractivity contribution in [1.29, 1.82) is 0 Å². The Labute approximate surface area is 283 Å². The second-order valence-electron chi connectivity index (χ2n) is 11.8. The van der Waals surface area contributed by atoms with E-state index in [1.807, 2.05) is 12.1 Å². The molecule has 0 radical (unpaired) electrons. The van der Waals surface area contributed by atoms with Crippen LogP contribution in [0.2, 0.25) is 0 Å². The van der Waals surface area contributed by atoms with Crippen LogP contribution in [-0.4, -0.2) is 55.5 Å². The summed E-state index contributed by atoms with van der Waals surface area (Å²) in [5.74, 6) is -14.6. The molecule has 6 rings (SSSR count). The quantitative estimate of drug-likeness (QED) is 0.112. The number of benzene rings is 4. The fourth-order valence-electron chi connectivity index (χ4n) is 5.89. The average Bonchev–Trinajstić information content (AvgIpc) is 3.63. The summed E-state index contributed by atoms with van der Waals surface area (Å²) >= 11 is 0. The molecule has 9 nitrogen and oxygen atoms in total. The van der Waals surface area contributed by atoms with Crippen molar-refractivity contribution in [3.8, 4) is 5.75 Å². The molecule has 1 amide bonds. The second-order valence-corrected chi connectivity index (χ2v) is 13.6. The van der Waals surface area contributed by atoms with Gasteiger partial charge in [0.1, 0.15) is 24.0 Å². The number of carboxylic acid groups (broad SMARTS) is 1. The first-order valence-electron chi connectivity index (χ1n) is 15.4. The average molecular weight is 717 g/mol. The lowest BCUT2D eigenvalue weighted by atomic mass is 9.97. The minimum absolute atomic E-state index is 0.0264. The maximum Gasteiger partial charge on any atom is 0.339 e. The van der Waals surface area contributed by atoms with Crippen LogP contribution in [0.4, 0.5) is 27.6 Å². The van der Waals surface area contributed by atoms with Crippen molar-refractivity contribution in [2.75, 3.05) is 24.7 Å². The largest absolute Gasteiger partial charge is 0.488 e. The number of rotatable bonds is 11. The van der Waals surface area contributed by atoms with Gasteiger partial charge < -0.3 is 19.5 Å². The fraction of sp³-hybridized carbons (Fsp3) is 0.257. The van der Waals surface area contributed by atoms with E-state index in [9.17, 15) is 45.1 Å². The Morgan fingerprint density at radius 1 is 0.860 bits per heavy atom. The zero-order chi connectivity index (χ0) is 35.7. The smallest absolute Gasteiger partial charge is 0.339 e. The zero-order valence-corrected chi connectivity index (χ0v) is 26.9. The van der Waals surface area contributed by atoms with E-state index >= 15 is 0 Å². The molecule has 15 heteroatoms. The molecule has 2 atom stereocenters. The SMILES string of the molecule is O=C(O)c1ccc(N(Cc2ccc([C@H]3CCOC3)cc2)C(=O)[C@H]2CCN2S(=O)(=O)c2c(F)c(F)c(F)c(F)c2F)cc1OCc1ccccc1. The number of hydrogen-bond donors (Lipinski definition) is 1. The summed E-state index contributed by atoms with van der Waals surface area (Å²) in [5.41, 5.74) is 2.18. The molecule has 4 aromatic carbocycles. The highest BCUT2D eigenvalue weighted by molar-refractivity contribution is 7.89. The van der Waals surface area contributed by atoms with Crippen LogP contribution in [-0.2, 0) is 32.7 Å². The summed E-state index contributed by atoms with van der Waals surface area (Å²) in [6.07, 6.45) is 0.690. The van der Waals surface area contributed by atoms with E-state index < -0.39 is 68.5 Å². The third-order valence-electron chi connectivity index (χ3n) is 8.72. The Morgan fingerprint density at radius 2 is 1.52 bits per heavy atom. The number of aromatic carboxylic acids is 1. The Balaban J connectivity index is 1.36. The van der Waals surface area contributed by atoms with Gasteiger partial charge in [-0.15, -0.1) is 0 Å². The van der Waals surface area contributed by atoms with Gasteiger partial charge in [-0.25, -0.2) is 35.2 Å². The minimum atomic E-state index is -5.41. The highest BCUT2D eigenvalue weighted by Gasteiger charge is 2.48. The van der Waals surface area contributed by atoms with Crippen molar-refractivity contribution in [2.24, 2.45) is 0 Å². The lowest BCUT2D eigenvalue weighted by Gasteiger charge is -2.41. The van der Waals surface area contributed by atoms with Crippen LogP contribution >= 0.6 is 0 Å². The van der Waals surface area contributed by atoms with E-state index in [1.165, 1.54) is 18.2 Å². The maximum absolute atomic E-state index is 14.7. The van der Waals surface area contributed by atoms with Crippen molar-refractivity contribution >= 4 is 27.6 Å². The number of sulfonamides is 1. The van der Waals surface area contributed by atoms with Crippen molar-refractivity contribution < 1.29 is 54.5 Å². The molecule has 2 heterocycles. The molecule has 0 spiro atoms. The third-order valence-corrected chi connectivity index (χ3v) is 10.7. The molecule has 0 unspecified atom stereocenters. The van der Waals surface area contributed by atoms with E-state index in [1.54, 1.807) is 42.5 Å². The van der Waals surface area contributed by atoms with Gasteiger partial charge in [-0.2, -0.15) is 4.31 Å². The number of anilines is 1. The van der Waals surface area contributed by atoms with Crippen LogP contribution in [0.25, 0.3) is 0 Å². The van der Waals surface area contributed by atoms with Gasteiger partial charge in [0.25, 0.3) is 0 Å². The molecule has 2 saturated heterocycles. The van der Waals surface area contributed by atoms with Gasteiger partial charge in [0.15, 0.2) is 28.2 Å². The summed E-state index contributed by atoms with van der Waals surface area (Å²) in [4.78, 5) is 25.4. The number of ether oxygens (including phenoxy) is 2. The highest BCUT2D eigenvalue weighted by atomic mass is 32.2. The van der Waals surface area contributed by atoms with Crippen LogP contribution in [0.5, 0.6) is 5.75 Å². The molecule has 2 fully saturated rings. The van der Waals surface area contributed by atoms with E-state index in [2.05, 4.69) is 0 Å². The normalized spacial score (nSPS) is 17.7. The molecule has 2 aliphatic rings. The first-order valence-corrected chi connectivity index (χ1v) is 16.9. The van der Waals surface area contributed by atoms with Crippen molar-refractivity contribution in [2.45, 2.75) is 42.8 Å². The van der Waals surface area contributed by atoms with E-state index in [0.717, 1.165) is 22.4 Å². The molecule has 0 aliphatic carbocycles. The Kier molecular flexibility index (Phi) is 9.91. The van der Waals surface area contributed by atoms with E-state index in [0.29, 0.717) is 23.1 Å². The molecule has 0 aromatic heterocycles. The van der Waals surface area contributed by atoms with Gasteiger partial charge in [0.2, 0.25) is 21.7 Å². The molecule has 50 heavy (non-hydrogen) atoms. The predicted octanol–water partition coefficient (Wildman–Crippen LogP) is 6.16. The van der Waals surface area contributed by atoms with Gasteiger partial charge in [-0.3, -0.25) is 4.79 Å². The Morgan fingerprint density at radius 3 is 2.10 bits per heavy atom. The van der Waals surface area contributed by atoms with Gasteiger partial charge in [0.05, 0.1) is 13.2 Å². The second kappa shape index (κ2) is 14.2. The number of amides is 1. The lowest BCUT2D eigenvalue weighted by molar-refractivity contribution is -0.125. The first-order chi connectivity index (χ1) is 23.9. The summed E-state index contributed by atoms with van der Waals surface area (Å²) in [5, 5.41) is 9.84. The van der Waals surface area contributed by atoms with Gasteiger partial charge in [0, 0.05) is 30.8 Å². The lowest BCUT2D eigenvalue weighted by Crippen LogP contribution is -2.59. The zero-order valence-electron chi connectivity index (χ0n) is 26.1. The number of nitrogens with zero attached hydrogens (tertiary/aromatic N) is 2. The number of carboxylic acids is 1. The molecule has 0 bridgehead atoms. The monoisotopic (exact) mass is 716 g/mol. The Bertz CT molecular complexity index is 2010. The number of carbonyl (C=O) groups excluding carboxylic acids is 1. The van der Waals surface area contributed by atoms with Crippen LogP contribution in [0, 0.1) is 29.1 Å². The number of hydrogen-bond acceptors (Lipinski definition) is 6. The van der Waals surface area contributed by atoms with Gasteiger partial charge in [-0.1, -0.05) is 54.6 Å². The molecular formula is C35H29F5N2O7S. The maximum atomic E-state index is 14.7. The third kappa shape index (κ3) is 6.67. The summed E-state index contributed by atoms with van der Waals surface area (Å²) in [6.45, 7) is 0.537. The topological polar surface area (TPSA) is 113 Å².